The quantitative estimate of drug-likeness (QED) is 0.768. The Morgan fingerprint density at radius 2 is 1.92 bits per heavy atom. The van der Waals surface area contributed by atoms with Crippen LogP contribution in [-0.4, -0.2) is 37.1 Å². The Hall–Kier alpha value is -1.99. The summed E-state index contributed by atoms with van der Waals surface area (Å²) in [5.41, 5.74) is 0.536. The molecule has 2 aliphatic rings. The summed E-state index contributed by atoms with van der Waals surface area (Å²) in [7, 11) is 0. The van der Waals surface area contributed by atoms with E-state index in [4.69, 9.17) is 4.74 Å². The van der Waals surface area contributed by atoms with E-state index in [9.17, 15) is 14.0 Å². The predicted molar refractivity (Wildman–Crippen MR) is 97.4 cm³/mol. The molecule has 142 valence electrons. The van der Waals surface area contributed by atoms with Crippen LogP contribution in [0.3, 0.4) is 0 Å². The number of nitrogens with one attached hydrogen (secondary N) is 3. The van der Waals surface area contributed by atoms with Gasteiger partial charge >= 0.3 is 0 Å². The summed E-state index contributed by atoms with van der Waals surface area (Å²) in [5, 5.41) is 8.55. The third-order valence-electron chi connectivity index (χ3n) is 5.07. The number of amides is 2. The van der Waals surface area contributed by atoms with Crippen molar-refractivity contribution < 1.29 is 18.7 Å². The van der Waals surface area contributed by atoms with Gasteiger partial charge in [-0.05, 0) is 38.0 Å². The van der Waals surface area contributed by atoms with Crippen molar-refractivity contribution in [2.45, 2.75) is 51.2 Å². The summed E-state index contributed by atoms with van der Waals surface area (Å²) in [6, 6.07) is 3.73. The van der Waals surface area contributed by atoms with Crippen molar-refractivity contribution in [2.24, 2.45) is 5.92 Å². The van der Waals surface area contributed by atoms with E-state index in [-0.39, 0.29) is 29.5 Å². The van der Waals surface area contributed by atoms with Gasteiger partial charge in [0.25, 0.3) is 0 Å². The van der Waals surface area contributed by atoms with Crippen LogP contribution < -0.4 is 16.0 Å². The summed E-state index contributed by atoms with van der Waals surface area (Å²) < 4.78 is 19.6. The molecule has 26 heavy (non-hydrogen) atoms. The van der Waals surface area contributed by atoms with Gasteiger partial charge in [0.15, 0.2) is 0 Å². The molecule has 1 aromatic rings. The number of hydrogen-bond acceptors (Lipinski definition) is 4. The smallest absolute Gasteiger partial charge is 0.244 e. The van der Waals surface area contributed by atoms with Crippen LogP contribution in [0.5, 0.6) is 0 Å². The number of benzene rings is 1. The van der Waals surface area contributed by atoms with Crippen LogP contribution in [0.1, 0.15) is 39.0 Å². The average Bonchev–Trinajstić information content (AvgIpc) is 2.65. The zero-order chi connectivity index (χ0) is 18.5. The minimum atomic E-state index is -0.514. The lowest BCUT2D eigenvalue weighted by Gasteiger charge is -2.29. The second-order valence-electron chi connectivity index (χ2n) is 7.02. The SMILES string of the molecule is C[C@H]1OCCN[C@@H]1C(=O)Nc1ccc(F)c(NC(=O)C2CCCCC2)c1. The fourth-order valence-corrected chi connectivity index (χ4v) is 3.55. The van der Waals surface area contributed by atoms with Gasteiger partial charge in [-0.25, -0.2) is 4.39 Å². The molecule has 7 heteroatoms. The highest BCUT2D eigenvalue weighted by Crippen LogP contribution is 2.26. The Morgan fingerprint density at radius 1 is 1.15 bits per heavy atom. The second kappa shape index (κ2) is 8.60. The van der Waals surface area contributed by atoms with Crippen LogP contribution in [0, 0.1) is 11.7 Å². The lowest BCUT2D eigenvalue weighted by atomic mass is 9.88. The van der Waals surface area contributed by atoms with Crippen LogP contribution in [0.2, 0.25) is 0 Å². The number of halogens is 1. The number of hydrogen-bond donors (Lipinski definition) is 3. The van der Waals surface area contributed by atoms with Crippen molar-refractivity contribution in [3.8, 4) is 0 Å². The fraction of sp³-hybridized carbons (Fsp3) is 0.579. The first-order valence-electron chi connectivity index (χ1n) is 9.31. The first-order valence-corrected chi connectivity index (χ1v) is 9.31. The van der Waals surface area contributed by atoms with E-state index in [1.54, 1.807) is 0 Å². The molecule has 2 atom stereocenters. The molecular formula is C19H26FN3O3. The molecule has 0 bridgehead atoms. The van der Waals surface area contributed by atoms with Crippen molar-refractivity contribution in [1.29, 1.82) is 0 Å². The lowest BCUT2D eigenvalue weighted by molar-refractivity contribution is -0.123. The highest BCUT2D eigenvalue weighted by molar-refractivity contribution is 5.97. The maximum absolute atomic E-state index is 14.1. The van der Waals surface area contributed by atoms with Gasteiger partial charge in [0.1, 0.15) is 11.9 Å². The van der Waals surface area contributed by atoms with Gasteiger partial charge in [0.2, 0.25) is 11.8 Å². The van der Waals surface area contributed by atoms with Crippen molar-refractivity contribution in [3.05, 3.63) is 24.0 Å². The van der Waals surface area contributed by atoms with Crippen LogP contribution in [0.15, 0.2) is 18.2 Å². The Kier molecular flexibility index (Phi) is 6.21. The van der Waals surface area contributed by atoms with E-state index in [0.29, 0.717) is 18.8 Å². The molecule has 1 saturated carbocycles. The van der Waals surface area contributed by atoms with Crippen molar-refractivity contribution >= 4 is 23.2 Å². The van der Waals surface area contributed by atoms with E-state index >= 15 is 0 Å². The molecule has 2 amide bonds. The third-order valence-corrected chi connectivity index (χ3v) is 5.07. The van der Waals surface area contributed by atoms with Gasteiger partial charge in [0, 0.05) is 18.2 Å². The number of carbonyl (C=O) groups is 2. The van der Waals surface area contributed by atoms with E-state index in [0.717, 1.165) is 32.1 Å². The molecule has 1 heterocycles. The number of ether oxygens (including phenoxy) is 1. The zero-order valence-corrected chi connectivity index (χ0v) is 15.0. The normalized spacial score (nSPS) is 24.1. The average molecular weight is 363 g/mol. The minimum Gasteiger partial charge on any atom is -0.375 e. The molecule has 0 radical (unpaired) electrons. The van der Waals surface area contributed by atoms with E-state index in [1.165, 1.54) is 18.2 Å². The van der Waals surface area contributed by atoms with Crippen molar-refractivity contribution in [3.63, 3.8) is 0 Å². The largest absolute Gasteiger partial charge is 0.375 e. The summed E-state index contributed by atoms with van der Waals surface area (Å²) in [4.78, 5) is 24.8. The second-order valence-corrected chi connectivity index (χ2v) is 7.02. The minimum absolute atomic E-state index is 0.0640. The Labute approximate surface area is 152 Å². The number of carbonyl (C=O) groups excluding carboxylic acids is 2. The van der Waals surface area contributed by atoms with Crippen LogP contribution >= 0.6 is 0 Å². The number of rotatable bonds is 4. The van der Waals surface area contributed by atoms with Gasteiger partial charge in [-0.1, -0.05) is 19.3 Å². The van der Waals surface area contributed by atoms with Gasteiger partial charge in [0.05, 0.1) is 18.4 Å². The van der Waals surface area contributed by atoms with Crippen molar-refractivity contribution in [1.82, 2.24) is 5.32 Å². The highest BCUT2D eigenvalue weighted by atomic mass is 19.1. The Bertz CT molecular complexity index is 661. The monoisotopic (exact) mass is 363 g/mol. The van der Waals surface area contributed by atoms with Crippen molar-refractivity contribution in [2.75, 3.05) is 23.8 Å². The first kappa shape index (κ1) is 18.8. The summed E-state index contributed by atoms with van der Waals surface area (Å²) >= 11 is 0. The number of morpholine rings is 1. The standard InChI is InChI=1S/C19H26FN3O3/c1-12-17(21-9-10-26-12)19(25)22-14-7-8-15(20)16(11-14)23-18(24)13-5-3-2-4-6-13/h7-8,11-13,17,21H,2-6,9-10H2,1H3,(H,22,25)(H,23,24)/t12-,17+/m1/s1. The van der Waals surface area contributed by atoms with Gasteiger partial charge in [-0.3, -0.25) is 9.59 Å². The van der Waals surface area contributed by atoms with E-state index in [2.05, 4.69) is 16.0 Å². The molecule has 6 nitrogen and oxygen atoms in total. The van der Waals surface area contributed by atoms with E-state index in [1.807, 2.05) is 6.92 Å². The van der Waals surface area contributed by atoms with Crippen LogP contribution in [0.25, 0.3) is 0 Å². The maximum Gasteiger partial charge on any atom is 0.244 e. The molecular weight excluding hydrogens is 337 g/mol. The molecule has 1 aliphatic heterocycles. The number of anilines is 2. The summed E-state index contributed by atoms with van der Waals surface area (Å²) in [6.45, 7) is 3.00. The molecule has 1 aliphatic carbocycles. The molecule has 1 saturated heterocycles. The van der Waals surface area contributed by atoms with Gasteiger partial charge in [-0.15, -0.1) is 0 Å². The summed E-state index contributed by atoms with van der Waals surface area (Å²) in [5.74, 6) is -0.970. The maximum atomic E-state index is 14.1. The molecule has 0 aromatic heterocycles. The Morgan fingerprint density at radius 3 is 2.65 bits per heavy atom. The zero-order valence-electron chi connectivity index (χ0n) is 15.0. The first-order chi connectivity index (χ1) is 12.5. The Balaban J connectivity index is 1.65. The van der Waals surface area contributed by atoms with Gasteiger partial charge in [-0.2, -0.15) is 0 Å². The molecule has 1 aromatic carbocycles. The van der Waals surface area contributed by atoms with Crippen LogP contribution in [0.4, 0.5) is 15.8 Å². The topological polar surface area (TPSA) is 79.5 Å². The highest BCUT2D eigenvalue weighted by Gasteiger charge is 2.28. The third kappa shape index (κ3) is 4.59. The molecule has 0 unspecified atom stereocenters. The molecule has 2 fully saturated rings. The molecule has 0 spiro atoms. The van der Waals surface area contributed by atoms with Crippen LogP contribution in [-0.2, 0) is 14.3 Å². The fourth-order valence-electron chi connectivity index (χ4n) is 3.55. The molecule has 3 rings (SSSR count). The lowest BCUT2D eigenvalue weighted by Crippen LogP contribution is -2.53. The van der Waals surface area contributed by atoms with Gasteiger partial charge < -0.3 is 20.7 Å². The predicted octanol–water partition coefficient (Wildman–Crippen LogP) is 2.66. The summed E-state index contributed by atoms with van der Waals surface area (Å²) in [6.07, 6.45) is 4.66. The molecule has 3 N–H and O–H groups in total. The van der Waals surface area contributed by atoms with E-state index < -0.39 is 11.9 Å².